The molecule has 3 heterocycles. The van der Waals surface area contributed by atoms with Gasteiger partial charge < -0.3 is 75.3 Å². The Balaban J connectivity index is 0.990. The summed E-state index contributed by atoms with van der Waals surface area (Å²) in [5, 5.41) is 59.0. The molecule has 390 valence electrons. The Labute approximate surface area is 409 Å². The zero-order valence-electron chi connectivity index (χ0n) is 38.8. The van der Waals surface area contributed by atoms with E-state index in [1.165, 1.54) is 12.2 Å². The number of aliphatic hydroxyl groups is 3. The molecular formula is C44H65ClN8O17. The van der Waals surface area contributed by atoms with Crippen LogP contribution in [0.1, 0.15) is 49.8 Å². The number of primary amides is 1. The Morgan fingerprint density at radius 1 is 0.829 bits per heavy atom. The summed E-state index contributed by atoms with van der Waals surface area (Å²) in [7, 11) is 0. The predicted molar refractivity (Wildman–Crippen MR) is 243 cm³/mol. The number of aromatic nitrogens is 3. The minimum absolute atomic E-state index is 0.0528. The van der Waals surface area contributed by atoms with E-state index in [0.717, 1.165) is 4.90 Å². The molecule has 2 aliphatic rings. The van der Waals surface area contributed by atoms with Crippen molar-refractivity contribution in [2.75, 3.05) is 85.7 Å². The summed E-state index contributed by atoms with van der Waals surface area (Å²) < 4.78 is 40.7. The van der Waals surface area contributed by atoms with Crippen molar-refractivity contribution in [1.29, 1.82) is 0 Å². The normalized spacial score (nSPS) is 19.8. The third-order valence-corrected chi connectivity index (χ3v) is 10.9. The lowest BCUT2D eigenvalue weighted by atomic mass is 9.88. The number of amides is 6. The third kappa shape index (κ3) is 20.6. The highest BCUT2D eigenvalue weighted by Gasteiger charge is 2.55. The average Bonchev–Trinajstić information content (AvgIpc) is 3.92. The first kappa shape index (κ1) is 57.4. The number of hydrogen-bond acceptors (Lipinski definition) is 18. The van der Waals surface area contributed by atoms with Gasteiger partial charge in [0.25, 0.3) is 17.6 Å². The lowest BCUT2D eigenvalue weighted by molar-refractivity contribution is -0.310. The molecule has 0 bridgehead atoms. The summed E-state index contributed by atoms with van der Waals surface area (Å²) in [6.07, 6.45) is -0.926. The van der Waals surface area contributed by atoms with Gasteiger partial charge in [0, 0.05) is 56.3 Å². The number of carbonyl (C=O) groups is 6. The molecule has 1 aromatic carbocycles. The number of rotatable bonds is 36. The first-order valence-electron chi connectivity index (χ1n) is 22.9. The van der Waals surface area contributed by atoms with Crippen molar-refractivity contribution in [3.8, 4) is 0 Å². The van der Waals surface area contributed by atoms with Crippen LogP contribution in [0.25, 0.3) is 0 Å². The minimum atomic E-state index is -2.44. The Bertz CT molecular complexity index is 1960. The summed E-state index contributed by atoms with van der Waals surface area (Å²) in [6, 6.07) is 4.01. The second-order valence-corrected chi connectivity index (χ2v) is 16.5. The summed E-state index contributed by atoms with van der Waals surface area (Å²) in [6.45, 7) is 3.62. The van der Waals surface area contributed by atoms with Crippen molar-refractivity contribution in [1.82, 2.24) is 35.8 Å². The second-order valence-electron chi connectivity index (χ2n) is 16.1. The number of unbranched alkanes of at least 4 members (excludes halogenated alkanes) is 3. The first-order chi connectivity index (χ1) is 33.7. The van der Waals surface area contributed by atoms with E-state index in [-0.39, 0.29) is 51.7 Å². The number of urea groups is 1. The van der Waals surface area contributed by atoms with E-state index in [2.05, 4.69) is 26.3 Å². The minimum Gasteiger partial charge on any atom is -0.477 e. The van der Waals surface area contributed by atoms with Crippen molar-refractivity contribution >= 4 is 47.2 Å². The highest BCUT2D eigenvalue weighted by atomic mass is 35.5. The topological polar surface area (TPSA) is 344 Å². The fourth-order valence-electron chi connectivity index (χ4n) is 7.01. The maximum Gasteiger partial charge on any atom is 0.364 e. The van der Waals surface area contributed by atoms with Gasteiger partial charge in [0.05, 0.1) is 103 Å². The third-order valence-electron chi connectivity index (χ3n) is 10.7. The molecule has 9 N–H and O–H groups in total. The van der Waals surface area contributed by atoms with Crippen LogP contribution in [0.15, 0.2) is 42.6 Å². The number of nitrogens with zero attached hydrogens (tertiary/aromatic N) is 4. The van der Waals surface area contributed by atoms with Gasteiger partial charge in [0.15, 0.2) is 0 Å². The van der Waals surface area contributed by atoms with Gasteiger partial charge in [-0.1, -0.05) is 41.8 Å². The molecule has 2 aliphatic heterocycles. The van der Waals surface area contributed by atoms with Crippen LogP contribution in [-0.4, -0.2) is 198 Å². The molecule has 1 fully saturated rings. The van der Waals surface area contributed by atoms with Crippen LogP contribution in [0.2, 0.25) is 5.02 Å². The van der Waals surface area contributed by atoms with Crippen LogP contribution in [0.5, 0.6) is 0 Å². The summed E-state index contributed by atoms with van der Waals surface area (Å²) in [4.78, 5) is 72.7. The van der Waals surface area contributed by atoms with Crippen molar-refractivity contribution in [2.45, 2.75) is 94.3 Å². The molecule has 70 heavy (non-hydrogen) atoms. The largest absolute Gasteiger partial charge is 0.477 e. The van der Waals surface area contributed by atoms with Gasteiger partial charge in [-0.15, -0.1) is 5.10 Å². The Kier molecular flexibility index (Phi) is 25.6. The number of aliphatic hydroxyl groups excluding tert-OH is 3. The van der Waals surface area contributed by atoms with Gasteiger partial charge in [-0.3, -0.25) is 24.1 Å². The molecule has 0 spiro atoms. The first-order valence-corrected chi connectivity index (χ1v) is 23.3. The highest BCUT2D eigenvalue weighted by Crippen LogP contribution is 2.34. The zero-order valence-corrected chi connectivity index (χ0v) is 39.6. The molecule has 0 saturated carbocycles. The van der Waals surface area contributed by atoms with E-state index in [0.29, 0.717) is 101 Å². The number of imide groups is 1. The Hall–Kier alpha value is -5.19. The monoisotopic (exact) mass is 1010 g/mol. The SMILES string of the molecule is NC(=O)N[C@H]1[C@H]([C@H](O)[C@H](O)CNC(=O)Cc2ccc(Cl)cc2)O[C@@](OCCCCCCOCc2cn(CCOCCOCCOCCOCCC(=O)NCCN3C(=O)C=CC3=O)nn2)(C(=O)O)C[C@@H]1O. The molecule has 1 aromatic heterocycles. The number of ether oxygens (including phenoxy) is 7. The molecule has 0 unspecified atom stereocenters. The summed E-state index contributed by atoms with van der Waals surface area (Å²) in [5.41, 5.74) is 6.56. The second kappa shape index (κ2) is 31.2. The molecule has 6 atom stereocenters. The summed E-state index contributed by atoms with van der Waals surface area (Å²) in [5.74, 6) is -5.55. The van der Waals surface area contributed by atoms with Gasteiger partial charge >= 0.3 is 12.0 Å². The van der Waals surface area contributed by atoms with Crippen LogP contribution in [-0.2, 0) is 76.7 Å². The average molecular weight is 1010 g/mol. The number of nitrogens with one attached hydrogen (secondary N) is 3. The number of carboxylic acids is 1. The number of nitrogens with two attached hydrogens (primary N) is 1. The van der Waals surface area contributed by atoms with E-state index in [1.54, 1.807) is 35.1 Å². The number of benzene rings is 1. The van der Waals surface area contributed by atoms with Crippen LogP contribution in [0, 0.1) is 0 Å². The highest BCUT2D eigenvalue weighted by molar-refractivity contribution is 6.30. The molecule has 4 rings (SSSR count). The molecule has 0 aliphatic carbocycles. The van der Waals surface area contributed by atoms with Gasteiger partial charge in [-0.25, -0.2) is 14.3 Å². The van der Waals surface area contributed by atoms with Gasteiger partial charge in [-0.2, -0.15) is 0 Å². The van der Waals surface area contributed by atoms with E-state index in [1.807, 2.05) is 0 Å². The molecule has 6 amide bonds. The van der Waals surface area contributed by atoms with E-state index >= 15 is 0 Å². The van der Waals surface area contributed by atoms with Crippen LogP contribution >= 0.6 is 11.6 Å². The smallest absolute Gasteiger partial charge is 0.364 e. The molecule has 1 saturated heterocycles. The molecule has 25 nitrogen and oxygen atoms in total. The van der Waals surface area contributed by atoms with E-state index < -0.39 is 78.9 Å². The van der Waals surface area contributed by atoms with Gasteiger partial charge in [0.2, 0.25) is 11.8 Å². The summed E-state index contributed by atoms with van der Waals surface area (Å²) >= 11 is 5.88. The zero-order chi connectivity index (χ0) is 50.7. The number of carboxylic acid groups (broad SMARTS) is 1. The molecular weight excluding hydrogens is 948 g/mol. The Morgan fingerprint density at radius 3 is 2.10 bits per heavy atom. The lowest BCUT2D eigenvalue weighted by Gasteiger charge is -2.46. The predicted octanol–water partition coefficient (Wildman–Crippen LogP) is -1.43. The van der Waals surface area contributed by atoms with E-state index in [9.17, 15) is 49.2 Å². The number of halogens is 1. The fourth-order valence-corrected chi connectivity index (χ4v) is 7.13. The van der Waals surface area contributed by atoms with Crippen LogP contribution in [0.3, 0.4) is 0 Å². The molecule has 2 aromatic rings. The number of hydrogen-bond donors (Lipinski definition) is 8. The number of aliphatic carboxylic acids is 1. The maximum atomic E-state index is 12.5. The Morgan fingerprint density at radius 2 is 1.46 bits per heavy atom. The maximum absolute atomic E-state index is 12.5. The van der Waals surface area contributed by atoms with Crippen molar-refractivity contribution in [3.63, 3.8) is 0 Å². The number of carbonyl (C=O) groups excluding carboxylic acids is 5. The van der Waals surface area contributed by atoms with Gasteiger partial charge in [0.1, 0.15) is 17.9 Å². The molecule has 26 heteroatoms. The fraction of sp³-hybridized carbons (Fsp3) is 0.636. The van der Waals surface area contributed by atoms with Gasteiger partial charge in [-0.05, 0) is 30.5 Å². The van der Waals surface area contributed by atoms with E-state index in [4.69, 9.17) is 50.5 Å². The quantitative estimate of drug-likeness (QED) is 0.0287. The lowest BCUT2D eigenvalue weighted by Crippen LogP contribution is -2.68. The molecule has 0 radical (unpaired) electrons. The van der Waals surface area contributed by atoms with Crippen LogP contribution < -0.4 is 21.7 Å². The van der Waals surface area contributed by atoms with Crippen molar-refractivity contribution < 1.29 is 82.4 Å². The van der Waals surface area contributed by atoms with Crippen molar-refractivity contribution in [3.05, 3.63) is 58.9 Å². The van der Waals surface area contributed by atoms with Crippen LogP contribution in [0.4, 0.5) is 4.79 Å². The standard InChI is InChI=1S/C44H65ClN8O17/c45-31-7-5-30(6-8-31)25-36(57)48-27-34(55)40(60)41-39(49-43(46)63)33(54)26-44(70-41,42(61)62)69-16-4-2-1-3-15-68-29-32-28-52(51-50-32)14-18-65-20-22-67-24-23-66-21-19-64-17-11-35(56)47-12-13-53-37(58)9-10-38(53)59/h5-10,28,33-34,39-41,54-55,60H,1-4,11-27,29H2,(H,47,56)(H,48,57)(H,61,62)(H3,46,49,63)/t33-,34+,39+,40+,41+,44+/m0/s1. The van der Waals surface area contributed by atoms with Crippen molar-refractivity contribution in [2.24, 2.45) is 5.73 Å².